The molecule has 3 rings (SSSR count). The monoisotopic (exact) mass is 311 g/mol. The summed E-state index contributed by atoms with van der Waals surface area (Å²) in [6.45, 7) is 6.68. The van der Waals surface area contributed by atoms with Crippen LogP contribution in [0.4, 0.5) is 0 Å². The summed E-state index contributed by atoms with van der Waals surface area (Å²) in [5.41, 5.74) is 1.43. The number of nitrogens with one attached hydrogen (secondary N) is 1. The molecule has 0 bridgehead atoms. The van der Waals surface area contributed by atoms with Crippen molar-refractivity contribution in [3.8, 4) is 0 Å². The van der Waals surface area contributed by atoms with Crippen molar-refractivity contribution in [2.45, 2.75) is 25.8 Å². The summed E-state index contributed by atoms with van der Waals surface area (Å²) >= 11 is 0. The number of likely N-dealkylation sites (tertiary alicyclic amines) is 1. The minimum absolute atomic E-state index is 0.603. The first-order valence-electron chi connectivity index (χ1n) is 8.42. The van der Waals surface area contributed by atoms with Crippen LogP contribution in [-0.4, -0.2) is 46.8 Å². The molecule has 2 heterocycles. The highest BCUT2D eigenvalue weighted by Gasteiger charge is 2.25. The maximum atomic E-state index is 4.77. The highest BCUT2D eigenvalue weighted by atomic mass is 15.3. The molecule has 0 saturated carbocycles. The van der Waals surface area contributed by atoms with E-state index in [1.165, 1.54) is 12.0 Å². The molecule has 1 saturated heterocycles. The second-order valence-electron chi connectivity index (χ2n) is 5.85. The summed E-state index contributed by atoms with van der Waals surface area (Å²) in [6, 6.07) is 12.7. The van der Waals surface area contributed by atoms with E-state index in [-0.39, 0.29) is 0 Å². The summed E-state index contributed by atoms with van der Waals surface area (Å²) in [6.07, 6.45) is 4.97. The van der Waals surface area contributed by atoms with Gasteiger partial charge in [0.25, 0.3) is 0 Å². The first-order chi connectivity index (χ1) is 11.4. The molecule has 1 aromatic carbocycles. The Morgan fingerprint density at radius 1 is 1.30 bits per heavy atom. The lowest BCUT2D eigenvalue weighted by Gasteiger charge is -2.21. The highest BCUT2D eigenvalue weighted by Crippen LogP contribution is 2.26. The van der Waals surface area contributed by atoms with E-state index >= 15 is 0 Å². The number of hydrogen-bond donors (Lipinski definition) is 1. The molecule has 2 aromatic rings. The molecule has 5 nitrogen and oxygen atoms in total. The average Bonchev–Trinajstić information content (AvgIpc) is 3.27. The van der Waals surface area contributed by atoms with Crippen LogP contribution < -0.4 is 5.32 Å². The summed E-state index contributed by atoms with van der Waals surface area (Å²) in [4.78, 5) is 7.15. The summed E-state index contributed by atoms with van der Waals surface area (Å²) < 4.78 is 1.92. The van der Waals surface area contributed by atoms with Gasteiger partial charge >= 0.3 is 0 Å². The van der Waals surface area contributed by atoms with E-state index in [1.807, 2.05) is 16.9 Å². The summed E-state index contributed by atoms with van der Waals surface area (Å²) in [7, 11) is 0. The van der Waals surface area contributed by atoms with E-state index in [1.54, 1.807) is 6.20 Å². The fourth-order valence-electron chi connectivity index (χ4n) is 3.07. The molecule has 23 heavy (non-hydrogen) atoms. The average molecular weight is 311 g/mol. The maximum Gasteiger partial charge on any atom is 0.193 e. The van der Waals surface area contributed by atoms with Gasteiger partial charge in [0.2, 0.25) is 0 Å². The molecule has 1 unspecified atom stereocenters. The number of aliphatic imine (C=N–C) groups is 1. The molecule has 1 aliphatic rings. The minimum atomic E-state index is 0.603. The minimum Gasteiger partial charge on any atom is -0.357 e. The fraction of sp³-hybridized carbons (Fsp3) is 0.444. The van der Waals surface area contributed by atoms with Crippen molar-refractivity contribution in [3.05, 3.63) is 54.4 Å². The van der Waals surface area contributed by atoms with Crippen molar-refractivity contribution in [2.24, 2.45) is 4.99 Å². The smallest absolute Gasteiger partial charge is 0.193 e. The SMILES string of the molecule is CCNC(=NCCn1cccn1)N1CCC(c2ccccc2)C1. The lowest BCUT2D eigenvalue weighted by Crippen LogP contribution is -2.40. The van der Waals surface area contributed by atoms with Crippen molar-refractivity contribution in [2.75, 3.05) is 26.2 Å². The van der Waals surface area contributed by atoms with Gasteiger partial charge in [-0.1, -0.05) is 30.3 Å². The Morgan fingerprint density at radius 2 is 2.17 bits per heavy atom. The van der Waals surface area contributed by atoms with E-state index in [2.05, 4.69) is 52.6 Å². The van der Waals surface area contributed by atoms with Gasteiger partial charge < -0.3 is 10.2 Å². The predicted molar refractivity (Wildman–Crippen MR) is 93.6 cm³/mol. The Labute approximate surface area is 138 Å². The van der Waals surface area contributed by atoms with E-state index < -0.39 is 0 Å². The summed E-state index contributed by atoms with van der Waals surface area (Å²) in [5.74, 6) is 1.63. The largest absolute Gasteiger partial charge is 0.357 e. The van der Waals surface area contributed by atoms with Crippen LogP contribution in [0.5, 0.6) is 0 Å². The number of nitrogens with zero attached hydrogens (tertiary/aromatic N) is 4. The van der Waals surface area contributed by atoms with Gasteiger partial charge in [-0.15, -0.1) is 0 Å². The standard InChI is InChI=1S/C18H25N5/c1-2-19-18(20-11-14-23-12-6-10-21-23)22-13-9-17(15-22)16-7-4-3-5-8-16/h3-8,10,12,17H,2,9,11,13-15H2,1H3,(H,19,20). The second-order valence-corrected chi connectivity index (χ2v) is 5.85. The fourth-order valence-corrected chi connectivity index (χ4v) is 3.07. The molecule has 0 radical (unpaired) electrons. The lowest BCUT2D eigenvalue weighted by atomic mass is 9.99. The normalized spacial score (nSPS) is 18.4. The van der Waals surface area contributed by atoms with E-state index in [0.717, 1.165) is 38.7 Å². The molecule has 0 spiro atoms. The molecule has 1 fully saturated rings. The van der Waals surface area contributed by atoms with Crippen LogP contribution in [-0.2, 0) is 6.54 Å². The molecule has 0 amide bonds. The molecular formula is C18H25N5. The van der Waals surface area contributed by atoms with Gasteiger partial charge in [0.15, 0.2) is 5.96 Å². The van der Waals surface area contributed by atoms with Gasteiger partial charge in [0.1, 0.15) is 0 Å². The van der Waals surface area contributed by atoms with Crippen molar-refractivity contribution in [3.63, 3.8) is 0 Å². The Balaban J connectivity index is 1.60. The quantitative estimate of drug-likeness (QED) is 0.681. The van der Waals surface area contributed by atoms with Crippen LogP contribution >= 0.6 is 0 Å². The van der Waals surface area contributed by atoms with Crippen LogP contribution in [0.2, 0.25) is 0 Å². The zero-order chi connectivity index (χ0) is 15.9. The lowest BCUT2D eigenvalue weighted by molar-refractivity contribution is 0.483. The molecule has 5 heteroatoms. The molecule has 122 valence electrons. The van der Waals surface area contributed by atoms with Gasteiger partial charge in [0.05, 0.1) is 13.1 Å². The first-order valence-corrected chi connectivity index (χ1v) is 8.42. The maximum absolute atomic E-state index is 4.77. The van der Waals surface area contributed by atoms with Gasteiger partial charge in [-0.25, -0.2) is 0 Å². The summed E-state index contributed by atoms with van der Waals surface area (Å²) in [5, 5.41) is 7.64. The number of benzene rings is 1. The highest BCUT2D eigenvalue weighted by molar-refractivity contribution is 5.80. The third kappa shape index (κ3) is 4.12. The van der Waals surface area contributed by atoms with Crippen molar-refractivity contribution in [1.82, 2.24) is 20.0 Å². The zero-order valence-electron chi connectivity index (χ0n) is 13.7. The van der Waals surface area contributed by atoms with Gasteiger partial charge in [0, 0.05) is 37.9 Å². The third-order valence-electron chi connectivity index (χ3n) is 4.24. The molecule has 1 atom stereocenters. The molecule has 1 N–H and O–H groups in total. The number of guanidine groups is 1. The number of hydrogen-bond acceptors (Lipinski definition) is 2. The van der Waals surface area contributed by atoms with E-state index in [4.69, 9.17) is 4.99 Å². The number of rotatable bonds is 5. The van der Waals surface area contributed by atoms with Crippen LogP contribution in [0.3, 0.4) is 0 Å². The van der Waals surface area contributed by atoms with E-state index in [0.29, 0.717) is 5.92 Å². The molecule has 1 aliphatic heterocycles. The Morgan fingerprint density at radius 3 is 2.91 bits per heavy atom. The number of aromatic nitrogens is 2. The zero-order valence-corrected chi connectivity index (χ0v) is 13.7. The Hall–Kier alpha value is -2.30. The van der Waals surface area contributed by atoms with E-state index in [9.17, 15) is 0 Å². The Bertz CT molecular complexity index is 606. The molecular weight excluding hydrogens is 286 g/mol. The Kier molecular flexibility index (Phi) is 5.29. The predicted octanol–water partition coefficient (Wildman–Crippen LogP) is 2.34. The third-order valence-corrected chi connectivity index (χ3v) is 4.24. The topological polar surface area (TPSA) is 45.5 Å². The molecule has 1 aromatic heterocycles. The second kappa shape index (κ2) is 7.81. The van der Waals surface area contributed by atoms with Crippen LogP contribution in [0.1, 0.15) is 24.8 Å². The van der Waals surface area contributed by atoms with Crippen LogP contribution in [0.15, 0.2) is 53.8 Å². The van der Waals surface area contributed by atoms with Gasteiger partial charge in [-0.05, 0) is 25.0 Å². The van der Waals surface area contributed by atoms with Crippen molar-refractivity contribution < 1.29 is 0 Å². The van der Waals surface area contributed by atoms with Gasteiger partial charge in [-0.3, -0.25) is 9.67 Å². The van der Waals surface area contributed by atoms with Crippen molar-refractivity contribution >= 4 is 5.96 Å². The van der Waals surface area contributed by atoms with Gasteiger partial charge in [-0.2, -0.15) is 5.10 Å². The van der Waals surface area contributed by atoms with Crippen LogP contribution in [0.25, 0.3) is 0 Å². The van der Waals surface area contributed by atoms with Crippen molar-refractivity contribution in [1.29, 1.82) is 0 Å². The van der Waals surface area contributed by atoms with Crippen LogP contribution in [0, 0.1) is 0 Å². The first kappa shape index (κ1) is 15.6. The molecule has 0 aliphatic carbocycles.